The summed E-state index contributed by atoms with van der Waals surface area (Å²) in [5, 5.41) is 12.5. The van der Waals surface area contributed by atoms with E-state index in [4.69, 9.17) is 16.9 Å². The third-order valence-electron chi connectivity index (χ3n) is 3.88. The zero-order valence-electron chi connectivity index (χ0n) is 14.4. The van der Waals surface area contributed by atoms with Crippen molar-refractivity contribution < 1.29 is 8.42 Å². The second kappa shape index (κ2) is 7.70. The van der Waals surface area contributed by atoms with Gasteiger partial charge in [0.2, 0.25) is 0 Å². The van der Waals surface area contributed by atoms with Crippen LogP contribution in [-0.4, -0.2) is 8.42 Å². The largest absolute Gasteiger partial charge is 0.356 e. The summed E-state index contributed by atoms with van der Waals surface area (Å²) in [6, 6.07) is 20.6. The number of rotatable bonds is 5. The first-order valence-electron chi connectivity index (χ1n) is 8.03. The number of hydrogen-bond donors (Lipinski definition) is 2. The van der Waals surface area contributed by atoms with E-state index in [1.54, 1.807) is 61.5 Å². The van der Waals surface area contributed by atoms with E-state index in [0.717, 1.165) is 11.4 Å². The van der Waals surface area contributed by atoms with Crippen LogP contribution in [0.15, 0.2) is 71.6 Å². The predicted octanol–water partition coefficient (Wildman–Crippen LogP) is 5.06. The first kappa shape index (κ1) is 18.8. The van der Waals surface area contributed by atoms with E-state index in [9.17, 15) is 8.42 Å². The fourth-order valence-electron chi connectivity index (χ4n) is 2.41. The highest BCUT2D eigenvalue weighted by Crippen LogP contribution is 2.23. The molecule has 0 bridgehead atoms. The highest BCUT2D eigenvalue weighted by molar-refractivity contribution is 7.92. The van der Waals surface area contributed by atoms with Crippen LogP contribution < -0.4 is 10.0 Å². The lowest BCUT2D eigenvalue weighted by Crippen LogP contribution is -2.13. The number of nitrogens with one attached hydrogen (secondary N) is 2. The summed E-state index contributed by atoms with van der Waals surface area (Å²) in [5.74, 6) is 0. The molecule has 0 aliphatic carbocycles. The van der Waals surface area contributed by atoms with Gasteiger partial charge in [0.25, 0.3) is 10.0 Å². The molecule has 0 aromatic heterocycles. The van der Waals surface area contributed by atoms with E-state index < -0.39 is 10.0 Å². The van der Waals surface area contributed by atoms with Crippen LogP contribution in [0.4, 0.5) is 17.1 Å². The molecule has 3 rings (SSSR count). The van der Waals surface area contributed by atoms with Gasteiger partial charge in [-0.05, 0) is 79.2 Å². The molecule has 0 amide bonds. The number of halogens is 1. The van der Waals surface area contributed by atoms with Crippen molar-refractivity contribution in [2.45, 2.75) is 11.8 Å². The number of sulfonamides is 1. The molecule has 0 heterocycles. The van der Waals surface area contributed by atoms with E-state index in [1.807, 2.05) is 0 Å². The fraction of sp³-hybridized carbons (Fsp3) is 0.0500. The number of nitrogens with zero attached hydrogens (tertiary/aromatic N) is 1. The van der Waals surface area contributed by atoms with Crippen molar-refractivity contribution in [2.75, 3.05) is 10.0 Å². The quantitative estimate of drug-likeness (QED) is 0.630. The van der Waals surface area contributed by atoms with Crippen LogP contribution in [0.25, 0.3) is 0 Å². The first-order chi connectivity index (χ1) is 12.9. The Morgan fingerprint density at radius 3 is 2.00 bits per heavy atom. The summed E-state index contributed by atoms with van der Waals surface area (Å²) in [6.07, 6.45) is 0. The van der Waals surface area contributed by atoms with E-state index in [2.05, 4.69) is 16.1 Å². The molecule has 27 heavy (non-hydrogen) atoms. The molecule has 5 nitrogen and oxygen atoms in total. The molecule has 0 saturated carbocycles. The Kier molecular flexibility index (Phi) is 5.36. The Morgan fingerprint density at radius 2 is 1.44 bits per heavy atom. The van der Waals surface area contributed by atoms with Crippen LogP contribution in [0.5, 0.6) is 0 Å². The molecule has 136 valence electrons. The molecule has 0 aliphatic rings. The second-order valence-corrected chi connectivity index (χ2v) is 8.00. The van der Waals surface area contributed by atoms with Gasteiger partial charge in [0.1, 0.15) is 0 Å². The lowest BCUT2D eigenvalue weighted by Gasteiger charge is -2.11. The molecular weight excluding hydrogens is 382 g/mol. The molecule has 0 saturated heterocycles. The van der Waals surface area contributed by atoms with Gasteiger partial charge in [0, 0.05) is 22.1 Å². The highest BCUT2D eigenvalue weighted by atomic mass is 35.5. The van der Waals surface area contributed by atoms with Gasteiger partial charge in [0.05, 0.1) is 16.5 Å². The summed E-state index contributed by atoms with van der Waals surface area (Å²) in [6.45, 7) is 1.75. The smallest absolute Gasteiger partial charge is 0.261 e. The normalized spacial score (nSPS) is 10.9. The SMILES string of the molecule is Cc1cc(S(=O)(=O)Nc2ccc(Nc3ccc(C#N)cc3)cc2)ccc1Cl. The maximum Gasteiger partial charge on any atom is 0.261 e. The maximum atomic E-state index is 12.5. The average Bonchev–Trinajstić information content (AvgIpc) is 2.66. The fourth-order valence-corrected chi connectivity index (χ4v) is 3.68. The van der Waals surface area contributed by atoms with Gasteiger partial charge >= 0.3 is 0 Å². The second-order valence-electron chi connectivity index (χ2n) is 5.91. The molecule has 0 unspecified atom stereocenters. The number of hydrogen-bond acceptors (Lipinski definition) is 4. The van der Waals surface area contributed by atoms with Crippen molar-refractivity contribution in [3.05, 3.63) is 82.9 Å². The van der Waals surface area contributed by atoms with Gasteiger partial charge < -0.3 is 5.32 Å². The average molecular weight is 398 g/mol. The zero-order valence-corrected chi connectivity index (χ0v) is 16.0. The number of benzene rings is 3. The summed E-state index contributed by atoms with van der Waals surface area (Å²) >= 11 is 5.95. The van der Waals surface area contributed by atoms with E-state index >= 15 is 0 Å². The van der Waals surface area contributed by atoms with Crippen molar-refractivity contribution in [3.63, 3.8) is 0 Å². The molecule has 2 N–H and O–H groups in total. The topological polar surface area (TPSA) is 82.0 Å². The van der Waals surface area contributed by atoms with E-state index in [1.165, 1.54) is 12.1 Å². The van der Waals surface area contributed by atoms with Gasteiger partial charge in [0.15, 0.2) is 0 Å². The van der Waals surface area contributed by atoms with Crippen molar-refractivity contribution in [3.8, 4) is 6.07 Å². The maximum absolute atomic E-state index is 12.5. The van der Waals surface area contributed by atoms with Crippen molar-refractivity contribution in [1.29, 1.82) is 5.26 Å². The Labute approximate surface area is 163 Å². The molecule has 0 atom stereocenters. The summed E-state index contributed by atoms with van der Waals surface area (Å²) in [7, 11) is -3.69. The Morgan fingerprint density at radius 1 is 0.889 bits per heavy atom. The molecule has 3 aromatic carbocycles. The van der Waals surface area contributed by atoms with Crippen LogP contribution >= 0.6 is 11.6 Å². The van der Waals surface area contributed by atoms with Crippen molar-refractivity contribution in [2.24, 2.45) is 0 Å². The Bertz CT molecular complexity index is 1100. The number of nitriles is 1. The highest BCUT2D eigenvalue weighted by Gasteiger charge is 2.15. The van der Waals surface area contributed by atoms with Crippen LogP contribution in [0, 0.1) is 18.3 Å². The molecular formula is C20H16ClN3O2S. The minimum atomic E-state index is -3.69. The molecule has 3 aromatic rings. The Balaban J connectivity index is 1.72. The van der Waals surface area contributed by atoms with Crippen molar-refractivity contribution in [1.82, 2.24) is 0 Å². The minimum absolute atomic E-state index is 0.157. The summed E-state index contributed by atoms with van der Waals surface area (Å²) in [4.78, 5) is 0.157. The summed E-state index contributed by atoms with van der Waals surface area (Å²) in [5.41, 5.74) is 3.36. The minimum Gasteiger partial charge on any atom is -0.356 e. The van der Waals surface area contributed by atoms with Crippen LogP contribution in [0.3, 0.4) is 0 Å². The standard InChI is InChI=1S/C20H16ClN3O2S/c1-14-12-19(10-11-20(14)21)27(25,26)24-18-8-6-17(7-9-18)23-16-4-2-15(13-22)3-5-16/h2-12,23-24H,1H3. The summed E-state index contributed by atoms with van der Waals surface area (Å²) < 4.78 is 27.6. The lowest BCUT2D eigenvalue weighted by molar-refractivity contribution is 0.601. The molecule has 0 radical (unpaired) electrons. The van der Waals surface area contributed by atoms with E-state index in [0.29, 0.717) is 21.8 Å². The van der Waals surface area contributed by atoms with Crippen LogP contribution in [-0.2, 0) is 10.0 Å². The molecule has 0 fully saturated rings. The van der Waals surface area contributed by atoms with Crippen LogP contribution in [0.1, 0.15) is 11.1 Å². The number of aryl methyl sites for hydroxylation is 1. The first-order valence-corrected chi connectivity index (χ1v) is 9.90. The van der Waals surface area contributed by atoms with Gasteiger partial charge in [-0.15, -0.1) is 0 Å². The third-order valence-corrected chi connectivity index (χ3v) is 5.68. The van der Waals surface area contributed by atoms with Crippen molar-refractivity contribution >= 4 is 38.7 Å². The predicted molar refractivity (Wildman–Crippen MR) is 108 cm³/mol. The lowest BCUT2D eigenvalue weighted by atomic mass is 10.2. The molecule has 0 aliphatic heterocycles. The zero-order chi connectivity index (χ0) is 19.4. The number of anilines is 3. The monoisotopic (exact) mass is 397 g/mol. The van der Waals surface area contributed by atoms with Crippen LogP contribution in [0.2, 0.25) is 5.02 Å². The molecule has 7 heteroatoms. The van der Waals surface area contributed by atoms with Gasteiger partial charge in [-0.1, -0.05) is 11.6 Å². The third kappa shape index (κ3) is 4.59. The van der Waals surface area contributed by atoms with Gasteiger partial charge in [-0.2, -0.15) is 5.26 Å². The van der Waals surface area contributed by atoms with Gasteiger partial charge in [-0.3, -0.25) is 4.72 Å². The van der Waals surface area contributed by atoms with E-state index in [-0.39, 0.29) is 4.90 Å². The molecule has 0 spiro atoms. The Hall–Kier alpha value is -3.01. The van der Waals surface area contributed by atoms with Gasteiger partial charge in [-0.25, -0.2) is 8.42 Å².